The summed E-state index contributed by atoms with van der Waals surface area (Å²) in [5, 5.41) is 13.5. The van der Waals surface area contributed by atoms with Crippen LogP contribution in [-0.2, 0) is 0 Å². The molecule has 0 unspecified atom stereocenters. The second kappa shape index (κ2) is 6.04. The van der Waals surface area contributed by atoms with Gasteiger partial charge in [0, 0.05) is 22.8 Å². The summed E-state index contributed by atoms with van der Waals surface area (Å²) in [5.41, 5.74) is 0.106. The molecular formula is C13H13BrN4O3. The maximum Gasteiger partial charge on any atom is 0.287 e. The Morgan fingerprint density at radius 3 is 2.76 bits per heavy atom. The summed E-state index contributed by atoms with van der Waals surface area (Å²) in [6, 6.07) is 4.56. The SMILES string of the molecule is CC(C)n1cc([N+](=O)[O-])cc1C(=O)Nc1cc(Br)ccn1. The maximum absolute atomic E-state index is 12.3. The van der Waals surface area contributed by atoms with Gasteiger partial charge in [-0.25, -0.2) is 4.98 Å². The number of aromatic nitrogens is 2. The molecule has 110 valence electrons. The minimum absolute atomic E-state index is 0.0741. The van der Waals surface area contributed by atoms with E-state index >= 15 is 0 Å². The smallest absolute Gasteiger partial charge is 0.287 e. The molecular weight excluding hydrogens is 340 g/mol. The molecule has 0 bridgehead atoms. The van der Waals surface area contributed by atoms with Gasteiger partial charge in [0.25, 0.3) is 11.6 Å². The molecule has 8 heteroatoms. The normalized spacial score (nSPS) is 10.7. The summed E-state index contributed by atoms with van der Waals surface area (Å²) in [6.45, 7) is 3.69. The minimum atomic E-state index is -0.521. The number of halogens is 1. The van der Waals surface area contributed by atoms with Crippen LogP contribution in [0.5, 0.6) is 0 Å². The van der Waals surface area contributed by atoms with E-state index in [0.717, 1.165) is 4.47 Å². The van der Waals surface area contributed by atoms with Gasteiger partial charge >= 0.3 is 0 Å². The maximum atomic E-state index is 12.3. The number of carbonyl (C=O) groups is 1. The zero-order chi connectivity index (χ0) is 15.6. The van der Waals surface area contributed by atoms with Crippen LogP contribution in [-0.4, -0.2) is 20.4 Å². The first-order valence-electron chi connectivity index (χ1n) is 6.17. The molecule has 0 saturated heterocycles. The van der Waals surface area contributed by atoms with Crippen LogP contribution < -0.4 is 5.32 Å². The van der Waals surface area contributed by atoms with Gasteiger partial charge in [0.2, 0.25) is 0 Å². The number of nitrogens with zero attached hydrogens (tertiary/aromatic N) is 3. The third kappa shape index (κ3) is 3.46. The van der Waals surface area contributed by atoms with E-state index in [1.807, 2.05) is 13.8 Å². The lowest BCUT2D eigenvalue weighted by Gasteiger charge is -2.11. The number of amides is 1. The average molecular weight is 353 g/mol. The van der Waals surface area contributed by atoms with Crippen LogP contribution in [0.3, 0.4) is 0 Å². The molecule has 0 spiro atoms. The Hall–Kier alpha value is -2.22. The summed E-state index contributed by atoms with van der Waals surface area (Å²) >= 11 is 3.28. The number of nitrogens with one attached hydrogen (secondary N) is 1. The van der Waals surface area contributed by atoms with Crippen molar-refractivity contribution in [2.45, 2.75) is 19.9 Å². The highest BCUT2D eigenvalue weighted by Crippen LogP contribution is 2.22. The third-order valence-corrected chi connectivity index (χ3v) is 3.29. The van der Waals surface area contributed by atoms with Crippen molar-refractivity contribution in [3.05, 3.63) is 50.9 Å². The summed E-state index contributed by atoms with van der Waals surface area (Å²) in [7, 11) is 0. The number of hydrogen-bond acceptors (Lipinski definition) is 4. The Kier molecular flexibility index (Phi) is 4.37. The number of hydrogen-bond donors (Lipinski definition) is 1. The fraction of sp³-hybridized carbons (Fsp3) is 0.231. The summed E-state index contributed by atoms with van der Waals surface area (Å²) in [6.07, 6.45) is 2.90. The van der Waals surface area contributed by atoms with E-state index in [4.69, 9.17) is 0 Å². The van der Waals surface area contributed by atoms with E-state index in [1.165, 1.54) is 12.3 Å². The van der Waals surface area contributed by atoms with E-state index in [0.29, 0.717) is 5.82 Å². The van der Waals surface area contributed by atoms with Crippen molar-refractivity contribution >= 4 is 33.3 Å². The fourth-order valence-corrected chi connectivity index (χ4v) is 2.16. The molecule has 7 nitrogen and oxygen atoms in total. The van der Waals surface area contributed by atoms with Crippen molar-refractivity contribution in [2.75, 3.05) is 5.32 Å². The van der Waals surface area contributed by atoms with Crippen molar-refractivity contribution in [3.63, 3.8) is 0 Å². The molecule has 2 heterocycles. The molecule has 2 aromatic rings. The highest BCUT2D eigenvalue weighted by atomic mass is 79.9. The predicted octanol–water partition coefficient (Wildman–Crippen LogP) is 3.39. The second-order valence-corrected chi connectivity index (χ2v) is 5.57. The van der Waals surface area contributed by atoms with Gasteiger partial charge in [-0.05, 0) is 26.0 Å². The molecule has 0 saturated carbocycles. The number of nitro groups is 1. The molecule has 0 radical (unpaired) electrons. The summed E-state index contributed by atoms with van der Waals surface area (Å²) in [5.74, 6) is -0.0732. The Balaban J connectivity index is 2.32. The van der Waals surface area contributed by atoms with Crippen molar-refractivity contribution in [2.24, 2.45) is 0 Å². The Morgan fingerprint density at radius 1 is 1.48 bits per heavy atom. The molecule has 0 atom stereocenters. The Bertz CT molecular complexity index is 696. The summed E-state index contributed by atoms with van der Waals surface area (Å²) < 4.78 is 2.34. The van der Waals surface area contributed by atoms with Gasteiger partial charge in [-0.1, -0.05) is 15.9 Å². The van der Waals surface area contributed by atoms with Crippen molar-refractivity contribution < 1.29 is 9.72 Å². The largest absolute Gasteiger partial charge is 0.335 e. The first-order chi connectivity index (χ1) is 9.88. The van der Waals surface area contributed by atoms with Gasteiger partial charge in [0.15, 0.2) is 0 Å². The zero-order valence-electron chi connectivity index (χ0n) is 11.4. The molecule has 2 aromatic heterocycles. The van der Waals surface area contributed by atoms with Gasteiger partial charge in [-0.15, -0.1) is 0 Å². The lowest BCUT2D eigenvalue weighted by Crippen LogP contribution is -2.18. The topological polar surface area (TPSA) is 90.1 Å². The van der Waals surface area contributed by atoms with E-state index in [1.54, 1.807) is 22.9 Å². The number of carbonyl (C=O) groups excluding carboxylic acids is 1. The molecule has 2 rings (SSSR count). The number of rotatable bonds is 4. The fourth-order valence-electron chi connectivity index (χ4n) is 1.83. The molecule has 21 heavy (non-hydrogen) atoms. The van der Waals surface area contributed by atoms with Gasteiger partial charge in [0.05, 0.1) is 11.1 Å². The van der Waals surface area contributed by atoms with Crippen LogP contribution in [0.2, 0.25) is 0 Å². The number of pyridine rings is 1. The van der Waals surface area contributed by atoms with Gasteiger partial charge in [0.1, 0.15) is 11.5 Å². The molecule has 1 N–H and O–H groups in total. The molecule has 0 aliphatic rings. The standard InChI is InChI=1S/C13H13BrN4O3/c1-8(2)17-7-10(18(20)21)6-11(17)13(19)16-12-5-9(14)3-4-15-12/h3-8H,1-2H3,(H,15,16,19). The predicted molar refractivity (Wildman–Crippen MR) is 81.4 cm³/mol. The van der Waals surface area contributed by atoms with Crippen LogP contribution in [0.4, 0.5) is 11.5 Å². The summed E-state index contributed by atoms with van der Waals surface area (Å²) in [4.78, 5) is 26.6. The van der Waals surface area contributed by atoms with E-state index < -0.39 is 10.8 Å². The zero-order valence-corrected chi connectivity index (χ0v) is 13.0. The van der Waals surface area contributed by atoms with Crippen LogP contribution in [0, 0.1) is 10.1 Å². The molecule has 0 fully saturated rings. The van der Waals surface area contributed by atoms with Gasteiger partial charge < -0.3 is 9.88 Å². The molecule has 1 amide bonds. The lowest BCUT2D eigenvalue weighted by atomic mass is 10.3. The molecule has 0 aliphatic carbocycles. The van der Waals surface area contributed by atoms with Crippen LogP contribution in [0.1, 0.15) is 30.4 Å². The van der Waals surface area contributed by atoms with Crippen molar-refractivity contribution in [3.8, 4) is 0 Å². The minimum Gasteiger partial charge on any atom is -0.335 e. The van der Waals surface area contributed by atoms with Crippen LogP contribution in [0.25, 0.3) is 0 Å². The third-order valence-electron chi connectivity index (χ3n) is 2.80. The van der Waals surface area contributed by atoms with Crippen LogP contribution >= 0.6 is 15.9 Å². The Labute approximate surface area is 129 Å². The number of anilines is 1. The highest BCUT2D eigenvalue weighted by molar-refractivity contribution is 9.10. The molecule has 0 aromatic carbocycles. The first-order valence-corrected chi connectivity index (χ1v) is 6.97. The molecule has 0 aliphatic heterocycles. The first kappa shape index (κ1) is 15.2. The van der Waals surface area contributed by atoms with Gasteiger partial charge in [-0.2, -0.15) is 0 Å². The van der Waals surface area contributed by atoms with Gasteiger partial charge in [-0.3, -0.25) is 14.9 Å². The van der Waals surface area contributed by atoms with Crippen molar-refractivity contribution in [1.29, 1.82) is 0 Å². The van der Waals surface area contributed by atoms with E-state index in [2.05, 4.69) is 26.2 Å². The van der Waals surface area contributed by atoms with E-state index in [9.17, 15) is 14.9 Å². The monoisotopic (exact) mass is 352 g/mol. The van der Waals surface area contributed by atoms with E-state index in [-0.39, 0.29) is 17.4 Å². The quantitative estimate of drug-likeness (QED) is 0.674. The second-order valence-electron chi connectivity index (χ2n) is 4.66. The Morgan fingerprint density at radius 2 is 2.19 bits per heavy atom. The lowest BCUT2D eigenvalue weighted by molar-refractivity contribution is -0.384. The van der Waals surface area contributed by atoms with Crippen molar-refractivity contribution in [1.82, 2.24) is 9.55 Å². The average Bonchev–Trinajstić information content (AvgIpc) is 2.84. The van der Waals surface area contributed by atoms with Crippen LogP contribution in [0.15, 0.2) is 35.1 Å². The highest BCUT2D eigenvalue weighted by Gasteiger charge is 2.21.